The summed E-state index contributed by atoms with van der Waals surface area (Å²) in [4.78, 5) is 21.8. The summed E-state index contributed by atoms with van der Waals surface area (Å²) in [5.41, 5.74) is 0. The molecule has 2 N–H and O–H groups in total. The van der Waals surface area contributed by atoms with Gasteiger partial charge in [-0.2, -0.15) is 0 Å². The maximum atomic E-state index is 11.1. The maximum Gasteiger partial charge on any atom is 0.325 e. The van der Waals surface area contributed by atoms with Gasteiger partial charge in [0, 0.05) is 6.54 Å². The van der Waals surface area contributed by atoms with Gasteiger partial charge >= 0.3 is 5.97 Å². The van der Waals surface area contributed by atoms with Crippen molar-refractivity contribution >= 4 is 21.9 Å². The lowest BCUT2D eigenvalue weighted by atomic mass is 10.4. The van der Waals surface area contributed by atoms with Crippen LogP contribution in [0.15, 0.2) is 12.7 Å². The lowest BCUT2D eigenvalue weighted by Gasteiger charge is -2.09. The summed E-state index contributed by atoms with van der Waals surface area (Å²) in [6.07, 6.45) is 0.327. The summed E-state index contributed by atoms with van der Waals surface area (Å²) in [5.74, 6) is -1.41. The zero-order valence-electron chi connectivity index (χ0n) is 8.43. The summed E-state index contributed by atoms with van der Waals surface area (Å²) in [7, 11) is -3.31. The smallest absolute Gasteiger partial charge is 0.325 e. The van der Waals surface area contributed by atoms with E-state index < -0.39 is 28.0 Å². The molecule has 1 aliphatic heterocycles. The van der Waals surface area contributed by atoms with Crippen molar-refractivity contribution in [2.75, 3.05) is 18.8 Å². The Morgan fingerprint density at radius 2 is 2.25 bits per heavy atom. The number of ether oxygens (including phenoxy) is 1. The van der Waals surface area contributed by atoms with Gasteiger partial charge in [0.05, 0.1) is 0 Å². The number of carbonyl (C=O) groups is 2. The fourth-order valence-electron chi connectivity index (χ4n) is 1.12. The molecule has 16 heavy (non-hydrogen) atoms. The third-order valence-electron chi connectivity index (χ3n) is 1.83. The quantitative estimate of drug-likeness (QED) is 0.448. The minimum absolute atomic E-state index is 0.0729. The van der Waals surface area contributed by atoms with Crippen molar-refractivity contribution in [3.05, 3.63) is 12.7 Å². The summed E-state index contributed by atoms with van der Waals surface area (Å²) in [5, 5.41) is 2.23. The van der Waals surface area contributed by atoms with Crippen LogP contribution in [0.2, 0.25) is 0 Å². The van der Waals surface area contributed by atoms with Gasteiger partial charge in [-0.3, -0.25) is 9.59 Å². The summed E-state index contributed by atoms with van der Waals surface area (Å²) in [6, 6.07) is 0. The fraction of sp³-hybridized carbons (Fsp3) is 0.500. The molecule has 1 unspecified atom stereocenters. The molecule has 7 nitrogen and oxygen atoms in total. The monoisotopic (exact) mass is 248 g/mol. The van der Waals surface area contributed by atoms with Crippen LogP contribution in [0, 0.1) is 0 Å². The Balaban J connectivity index is 2.30. The van der Waals surface area contributed by atoms with E-state index in [1.54, 1.807) is 0 Å². The van der Waals surface area contributed by atoms with Gasteiger partial charge in [0.15, 0.2) is 0 Å². The third kappa shape index (κ3) is 3.99. The van der Waals surface area contributed by atoms with E-state index in [4.69, 9.17) is 4.74 Å². The number of nitrogens with one attached hydrogen (secondary N) is 2. The van der Waals surface area contributed by atoms with Crippen LogP contribution in [0.4, 0.5) is 0 Å². The molecule has 1 saturated heterocycles. The predicted molar refractivity (Wildman–Crippen MR) is 54.9 cm³/mol. The number of esters is 1. The minimum Gasteiger partial charge on any atom is -0.459 e. The van der Waals surface area contributed by atoms with E-state index in [-0.39, 0.29) is 18.8 Å². The van der Waals surface area contributed by atoms with E-state index in [0.29, 0.717) is 0 Å². The van der Waals surface area contributed by atoms with Gasteiger partial charge in [-0.25, -0.2) is 13.1 Å². The number of amides is 1. The van der Waals surface area contributed by atoms with Gasteiger partial charge in [0.25, 0.3) is 0 Å². The highest BCUT2D eigenvalue weighted by atomic mass is 32.2. The van der Waals surface area contributed by atoms with Crippen LogP contribution in [0.3, 0.4) is 0 Å². The first-order chi connectivity index (χ1) is 7.43. The highest BCUT2D eigenvalue weighted by molar-refractivity contribution is 7.89. The molecule has 1 atom stereocenters. The molecule has 1 amide bonds. The molecular weight excluding hydrogens is 236 g/mol. The zero-order chi connectivity index (χ0) is 12.2. The molecule has 1 aliphatic rings. The largest absolute Gasteiger partial charge is 0.459 e. The van der Waals surface area contributed by atoms with E-state index >= 15 is 0 Å². The maximum absolute atomic E-state index is 11.1. The molecule has 0 spiro atoms. The topological polar surface area (TPSA) is 102 Å². The molecule has 0 saturated carbocycles. The van der Waals surface area contributed by atoms with Crippen molar-refractivity contribution < 1.29 is 22.7 Å². The predicted octanol–water partition coefficient (Wildman–Crippen LogP) is -1.87. The Morgan fingerprint density at radius 3 is 2.75 bits per heavy atom. The lowest BCUT2D eigenvalue weighted by molar-refractivity contribution is -0.147. The molecule has 90 valence electrons. The summed E-state index contributed by atoms with van der Waals surface area (Å²) >= 11 is 0. The first kappa shape index (κ1) is 12.7. The van der Waals surface area contributed by atoms with Gasteiger partial charge in [-0.05, 0) is 6.08 Å². The van der Waals surface area contributed by atoms with E-state index in [9.17, 15) is 18.0 Å². The van der Waals surface area contributed by atoms with Gasteiger partial charge in [0.1, 0.15) is 18.4 Å². The Kier molecular flexibility index (Phi) is 4.02. The van der Waals surface area contributed by atoms with Crippen LogP contribution in [-0.4, -0.2) is 45.2 Å². The van der Waals surface area contributed by atoms with E-state index in [2.05, 4.69) is 16.6 Å². The van der Waals surface area contributed by atoms with Crippen LogP contribution in [0.5, 0.6) is 0 Å². The number of carbonyl (C=O) groups excluding carboxylic acids is 2. The molecule has 8 heteroatoms. The van der Waals surface area contributed by atoms with Crippen LogP contribution in [-0.2, 0) is 24.3 Å². The number of sulfonamides is 1. The Hall–Kier alpha value is -1.41. The minimum atomic E-state index is -3.31. The first-order valence-electron chi connectivity index (χ1n) is 4.50. The van der Waals surface area contributed by atoms with Crippen molar-refractivity contribution in [1.82, 2.24) is 10.0 Å². The summed E-state index contributed by atoms with van der Waals surface area (Å²) < 4.78 is 28.9. The van der Waals surface area contributed by atoms with Crippen molar-refractivity contribution in [2.24, 2.45) is 0 Å². The second kappa shape index (κ2) is 5.08. The standard InChI is InChI=1S/C8H12N2O5S/c1-2-7(11)9-4-8(12)15-6-3-10-16(13,14)5-6/h2,6,10H,1,3-5H2,(H,9,11). The van der Waals surface area contributed by atoms with Gasteiger partial charge in [-0.1, -0.05) is 6.58 Å². The third-order valence-corrected chi connectivity index (χ3v) is 3.24. The van der Waals surface area contributed by atoms with Crippen LogP contribution in [0.25, 0.3) is 0 Å². The highest BCUT2D eigenvalue weighted by Gasteiger charge is 2.29. The molecule has 0 aromatic carbocycles. The van der Waals surface area contributed by atoms with Gasteiger partial charge in [0.2, 0.25) is 15.9 Å². The van der Waals surface area contributed by atoms with E-state index in [1.807, 2.05) is 0 Å². The first-order valence-corrected chi connectivity index (χ1v) is 6.15. The van der Waals surface area contributed by atoms with Crippen molar-refractivity contribution in [3.63, 3.8) is 0 Å². The van der Waals surface area contributed by atoms with Crippen molar-refractivity contribution in [2.45, 2.75) is 6.10 Å². The Morgan fingerprint density at radius 1 is 1.56 bits per heavy atom. The fourth-order valence-corrected chi connectivity index (χ4v) is 2.35. The summed E-state index contributed by atoms with van der Waals surface area (Å²) in [6.45, 7) is 2.98. The Labute approximate surface area is 92.9 Å². The highest BCUT2D eigenvalue weighted by Crippen LogP contribution is 2.04. The van der Waals surface area contributed by atoms with E-state index in [1.165, 1.54) is 0 Å². The van der Waals surface area contributed by atoms with Crippen LogP contribution in [0.1, 0.15) is 0 Å². The number of hydrogen-bond acceptors (Lipinski definition) is 5. The van der Waals surface area contributed by atoms with Gasteiger partial charge < -0.3 is 10.1 Å². The van der Waals surface area contributed by atoms with Crippen molar-refractivity contribution in [1.29, 1.82) is 0 Å². The molecular formula is C8H12N2O5S. The molecule has 1 heterocycles. The number of rotatable bonds is 4. The molecule has 1 fully saturated rings. The average Bonchev–Trinajstić information content (AvgIpc) is 2.54. The molecule has 1 rings (SSSR count). The molecule has 0 bridgehead atoms. The van der Waals surface area contributed by atoms with Gasteiger partial charge in [-0.15, -0.1) is 0 Å². The number of hydrogen-bond donors (Lipinski definition) is 2. The lowest BCUT2D eigenvalue weighted by Crippen LogP contribution is -2.32. The average molecular weight is 248 g/mol. The van der Waals surface area contributed by atoms with Crippen LogP contribution < -0.4 is 10.0 Å². The van der Waals surface area contributed by atoms with E-state index in [0.717, 1.165) is 6.08 Å². The molecule has 0 radical (unpaired) electrons. The SMILES string of the molecule is C=CC(=O)NCC(=O)OC1CNS(=O)(=O)C1. The second-order valence-corrected chi connectivity index (χ2v) is 5.02. The molecule has 0 aromatic heterocycles. The Bertz CT molecular complexity index is 403. The molecule has 0 aliphatic carbocycles. The second-order valence-electron chi connectivity index (χ2n) is 3.16. The van der Waals surface area contributed by atoms with Crippen LogP contribution >= 0.6 is 0 Å². The zero-order valence-corrected chi connectivity index (χ0v) is 9.25. The van der Waals surface area contributed by atoms with Crippen molar-refractivity contribution in [3.8, 4) is 0 Å². The molecule has 0 aromatic rings. The normalized spacial score (nSPS) is 22.4.